The summed E-state index contributed by atoms with van der Waals surface area (Å²) in [4.78, 5) is 0. The van der Waals surface area contributed by atoms with Crippen molar-refractivity contribution in [1.82, 2.24) is 9.13 Å². The molecule has 0 aliphatic rings. The zero-order chi connectivity index (χ0) is 27.6. The van der Waals surface area contributed by atoms with Crippen LogP contribution < -0.4 is 0 Å². The zero-order valence-electron chi connectivity index (χ0n) is 20.7. The number of nitrogens with zero attached hydrogens (tertiary/aromatic N) is 4. The van der Waals surface area contributed by atoms with Gasteiger partial charge >= 0.3 is 6.18 Å². The summed E-state index contributed by atoms with van der Waals surface area (Å²) in [6, 6.07) is 33.8. The summed E-state index contributed by atoms with van der Waals surface area (Å²) in [6.07, 6.45) is -4.57. The minimum atomic E-state index is -4.57. The summed E-state index contributed by atoms with van der Waals surface area (Å²) >= 11 is 0. The van der Waals surface area contributed by atoms with Crippen LogP contribution in [0, 0.1) is 22.7 Å². The molecule has 190 valence electrons. The monoisotopic (exact) mass is 526 g/mol. The van der Waals surface area contributed by atoms with Crippen LogP contribution in [0.25, 0.3) is 55.0 Å². The van der Waals surface area contributed by atoms with E-state index in [0.29, 0.717) is 33.4 Å². The first kappa shape index (κ1) is 23.6. The van der Waals surface area contributed by atoms with Gasteiger partial charge in [-0.25, -0.2) is 0 Å². The second-order valence-corrected chi connectivity index (χ2v) is 9.50. The Morgan fingerprint density at radius 1 is 0.550 bits per heavy atom. The van der Waals surface area contributed by atoms with Crippen molar-refractivity contribution in [2.24, 2.45) is 0 Å². The van der Waals surface area contributed by atoms with Gasteiger partial charge in [-0.2, -0.15) is 23.7 Å². The first-order valence-corrected chi connectivity index (χ1v) is 12.5. The molecule has 2 aromatic heterocycles. The molecule has 0 aliphatic carbocycles. The van der Waals surface area contributed by atoms with Gasteiger partial charge in [0.05, 0.1) is 50.1 Å². The van der Waals surface area contributed by atoms with Crippen molar-refractivity contribution in [2.75, 3.05) is 0 Å². The van der Waals surface area contributed by atoms with Crippen molar-refractivity contribution in [3.05, 3.63) is 120 Å². The Bertz CT molecular complexity index is 2210. The maximum atomic E-state index is 14.3. The van der Waals surface area contributed by atoms with E-state index in [2.05, 4.69) is 12.1 Å². The Balaban J connectivity index is 1.77. The summed E-state index contributed by atoms with van der Waals surface area (Å²) < 4.78 is 46.5. The molecule has 7 heteroatoms. The van der Waals surface area contributed by atoms with Gasteiger partial charge < -0.3 is 9.13 Å². The Labute approximate surface area is 225 Å². The van der Waals surface area contributed by atoms with Crippen molar-refractivity contribution in [3.8, 4) is 23.5 Å². The maximum Gasteiger partial charge on any atom is 0.418 e. The molecule has 0 radical (unpaired) electrons. The van der Waals surface area contributed by atoms with Crippen LogP contribution in [0.2, 0.25) is 0 Å². The fourth-order valence-corrected chi connectivity index (χ4v) is 5.87. The van der Waals surface area contributed by atoms with Gasteiger partial charge in [-0.3, -0.25) is 0 Å². The SMILES string of the molecule is N#Cc1cccc(C#N)c1-n1c2ccccc2c2c1ccc1c3ccccc3n(-c3ccccc3C(F)(F)F)c12. The van der Waals surface area contributed by atoms with Crippen molar-refractivity contribution in [2.45, 2.75) is 6.18 Å². The van der Waals surface area contributed by atoms with E-state index in [1.165, 1.54) is 12.1 Å². The molecular weight excluding hydrogens is 509 g/mol. The van der Waals surface area contributed by atoms with E-state index in [1.807, 2.05) is 65.2 Å². The van der Waals surface area contributed by atoms with Gasteiger partial charge in [0.15, 0.2) is 0 Å². The van der Waals surface area contributed by atoms with Crippen LogP contribution in [0.3, 0.4) is 0 Å². The van der Waals surface area contributed by atoms with Gasteiger partial charge in [0.1, 0.15) is 12.1 Å². The largest absolute Gasteiger partial charge is 0.418 e. The number of rotatable bonds is 2. The molecule has 0 fully saturated rings. The summed E-state index contributed by atoms with van der Waals surface area (Å²) in [5, 5.41) is 23.1. The summed E-state index contributed by atoms with van der Waals surface area (Å²) in [5.74, 6) is 0. The standard InChI is InChI=1S/C33H17F3N4/c34-33(35,36)25-12-3-6-15-28(25)39-26-13-4-1-10-22(26)23-16-17-29-30(32(23)39)24-11-2-5-14-27(24)40(29)31-20(18-37)8-7-9-21(31)19-38/h1-17H. The number of aromatic nitrogens is 2. The van der Waals surface area contributed by atoms with Crippen LogP contribution in [0.1, 0.15) is 16.7 Å². The highest BCUT2D eigenvalue weighted by Gasteiger charge is 2.35. The Kier molecular flexibility index (Phi) is 5.00. The molecule has 7 rings (SSSR count). The van der Waals surface area contributed by atoms with Crippen molar-refractivity contribution in [1.29, 1.82) is 10.5 Å². The lowest BCUT2D eigenvalue weighted by atomic mass is 10.1. The van der Waals surface area contributed by atoms with Crippen molar-refractivity contribution in [3.63, 3.8) is 0 Å². The highest BCUT2D eigenvalue weighted by atomic mass is 19.4. The highest BCUT2D eigenvalue weighted by molar-refractivity contribution is 6.26. The van der Waals surface area contributed by atoms with Crippen LogP contribution in [-0.4, -0.2) is 9.13 Å². The van der Waals surface area contributed by atoms with E-state index in [9.17, 15) is 23.7 Å². The molecule has 0 bridgehead atoms. The molecule has 5 aromatic carbocycles. The molecule has 0 atom stereocenters. The van der Waals surface area contributed by atoms with Crippen LogP contribution in [-0.2, 0) is 6.18 Å². The topological polar surface area (TPSA) is 57.4 Å². The molecule has 4 nitrogen and oxygen atoms in total. The second kappa shape index (κ2) is 8.49. The highest BCUT2D eigenvalue weighted by Crippen LogP contribution is 2.44. The molecule has 0 unspecified atom stereocenters. The molecule has 0 aliphatic heterocycles. The fourth-order valence-electron chi connectivity index (χ4n) is 5.87. The second-order valence-electron chi connectivity index (χ2n) is 9.50. The quantitative estimate of drug-likeness (QED) is 0.226. The number of alkyl halides is 3. The van der Waals surface area contributed by atoms with E-state index in [0.717, 1.165) is 33.1 Å². The van der Waals surface area contributed by atoms with E-state index in [1.54, 1.807) is 28.8 Å². The molecule has 0 amide bonds. The molecule has 0 saturated carbocycles. The van der Waals surface area contributed by atoms with Gasteiger partial charge in [-0.15, -0.1) is 0 Å². The first-order chi connectivity index (χ1) is 19.4. The average molecular weight is 527 g/mol. The third kappa shape index (κ3) is 3.19. The number of hydrogen-bond acceptors (Lipinski definition) is 2. The average Bonchev–Trinajstić information content (AvgIpc) is 3.49. The zero-order valence-corrected chi connectivity index (χ0v) is 20.7. The van der Waals surface area contributed by atoms with Gasteiger partial charge in [0, 0.05) is 21.5 Å². The predicted molar refractivity (Wildman–Crippen MR) is 150 cm³/mol. The fraction of sp³-hybridized carbons (Fsp3) is 0.0303. The number of benzene rings is 5. The summed E-state index contributed by atoms with van der Waals surface area (Å²) in [6.45, 7) is 0. The molecule has 0 N–H and O–H groups in total. The molecule has 2 heterocycles. The number of nitriles is 2. The lowest BCUT2D eigenvalue weighted by Crippen LogP contribution is -2.10. The lowest BCUT2D eigenvalue weighted by Gasteiger charge is -2.16. The third-order valence-corrected chi connectivity index (χ3v) is 7.42. The minimum Gasteiger partial charge on any atom is -0.308 e. The predicted octanol–water partition coefficient (Wildman–Crippen LogP) is 8.64. The van der Waals surface area contributed by atoms with E-state index < -0.39 is 11.7 Å². The Morgan fingerprint density at radius 2 is 1.15 bits per heavy atom. The van der Waals surface area contributed by atoms with Crippen LogP contribution >= 0.6 is 0 Å². The van der Waals surface area contributed by atoms with E-state index >= 15 is 0 Å². The number of hydrogen-bond donors (Lipinski definition) is 0. The molecule has 0 spiro atoms. The molecule has 0 saturated heterocycles. The number of halogens is 3. The number of fused-ring (bicyclic) bond motifs is 7. The molecule has 7 aromatic rings. The van der Waals surface area contributed by atoms with Gasteiger partial charge in [0.25, 0.3) is 0 Å². The lowest BCUT2D eigenvalue weighted by molar-refractivity contribution is -0.137. The molecular formula is C33H17F3N4. The maximum absolute atomic E-state index is 14.3. The first-order valence-electron chi connectivity index (χ1n) is 12.5. The van der Waals surface area contributed by atoms with Crippen molar-refractivity contribution < 1.29 is 13.2 Å². The van der Waals surface area contributed by atoms with Gasteiger partial charge in [-0.05, 0) is 42.5 Å². The summed E-state index contributed by atoms with van der Waals surface area (Å²) in [5.41, 5.74) is 3.07. The minimum absolute atomic E-state index is 0.0284. The van der Waals surface area contributed by atoms with E-state index in [4.69, 9.17) is 0 Å². The van der Waals surface area contributed by atoms with Crippen LogP contribution in [0.5, 0.6) is 0 Å². The normalized spacial score (nSPS) is 11.8. The smallest absolute Gasteiger partial charge is 0.308 e. The van der Waals surface area contributed by atoms with E-state index in [-0.39, 0.29) is 5.69 Å². The van der Waals surface area contributed by atoms with Gasteiger partial charge in [-0.1, -0.05) is 60.7 Å². The summed E-state index contributed by atoms with van der Waals surface area (Å²) in [7, 11) is 0. The van der Waals surface area contributed by atoms with Gasteiger partial charge in [0.2, 0.25) is 0 Å². The Hall–Kier alpha value is -5.53. The van der Waals surface area contributed by atoms with Crippen LogP contribution in [0.15, 0.2) is 103 Å². The number of para-hydroxylation sites is 4. The molecule has 40 heavy (non-hydrogen) atoms. The van der Waals surface area contributed by atoms with Crippen LogP contribution in [0.4, 0.5) is 13.2 Å². The third-order valence-electron chi connectivity index (χ3n) is 7.42. The van der Waals surface area contributed by atoms with Crippen molar-refractivity contribution >= 4 is 43.6 Å². The Morgan fingerprint density at radius 3 is 1.82 bits per heavy atom.